The highest BCUT2D eigenvalue weighted by molar-refractivity contribution is 5.95. The van der Waals surface area contributed by atoms with Crippen LogP contribution in [0.1, 0.15) is 39.6 Å². The topological polar surface area (TPSA) is 68.5 Å². The molecule has 2 heterocycles. The third kappa shape index (κ3) is 3.61. The summed E-state index contributed by atoms with van der Waals surface area (Å²) in [5, 5.41) is 2.36. The van der Waals surface area contributed by atoms with Crippen molar-refractivity contribution in [3.8, 4) is 0 Å². The lowest BCUT2D eigenvalue weighted by Gasteiger charge is -2.11. The fourth-order valence-electron chi connectivity index (χ4n) is 2.82. The number of benzene rings is 1. The molecule has 7 heteroatoms. The zero-order chi connectivity index (χ0) is 18.0. The molecule has 0 radical (unpaired) electrons. The molecule has 1 aromatic carbocycles. The normalized spacial score (nSPS) is 16.8. The first-order valence-electron chi connectivity index (χ1n) is 7.91. The van der Waals surface area contributed by atoms with E-state index in [9.17, 15) is 18.4 Å². The van der Waals surface area contributed by atoms with Gasteiger partial charge in [-0.15, -0.1) is 0 Å². The molecule has 1 N–H and O–H groups in total. The minimum atomic E-state index is -0.770. The largest absolute Gasteiger partial charge is 0.427 e. The zero-order valence-electron chi connectivity index (χ0n) is 13.6. The number of aryl methyl sites for hydroxylation is 1. The van der Waals surface area contributed by atoms with Gasteiger partial charge in [-0.25, -0.2) is 13.6 Å². The summed E-state index contributed by atoms with van der Waals surface area (Å²) < 4.78 is 37.7. The van der Waals surface area contributed by atoms with Crippen LogP contribution in [0, 0.1) is 18.6 Å². The summed E-state index contributed by atoms with van der Waals surface area (Å²) in [5.74, 6) is -1.78. The molecule has 1 fully saturated rings. The SMILES string of the molecule is Cc1cc(C2CCOC2)oc(=O)c1C(=O)NCc1c(F)cccc1F. The van der Waals surface area contributed by atoms with Crippen molar-refractivity contribution < 1.29 is 22.7 Å². The summed E-state index contributed by atoms with van der Waals surface area (Å²) in [7, 11) is 0. The second-order valence-electron chi connectivity index (χ2n) is 5.94. The minimum Gasteiger partial charge on any atom is -0.427 e. The van der Waals surface area contributed by atoms with Gasteiger partial charge in [0.05, 0.1) is 6.61 Å². The number of amides is 1. The molecule has 1 atom stereocenters. The predicted molar refractivity (Wildman–Crippen MR) is 85.4 cm³/mol. The maximum absolute atomic E-state index is 13.6. The zero-order valence-corrected chi connectivity index (χ0v) is 13.6. The lowest BCUT2D eigenvalue weighted by atomic mass is 10.0. The Hall–Kier alpha value is -2.54. The van der Waals surface area contributed by atoms with Crippen LogP contribution in [-0.2, 0) is 11.3 Å². The lowest BCUT2D eigenvalue weighted by Crippen LogP contribution is -2.30. The summed E-state index contributed by atoms with van der Waals surface area (Å²) in [6, 6.07) is 5.07. The van der Waals surface area contributed by atoms with Gasteiger partial charge in [0.2, 0.25) is 0 Å². The monoisotopic (exact) mass is 349 g/mol. The van der Waals surface area contributed by atoms with Gasteiger partial charge >= 0.3 is 5.63 Å². The van der Waals surface area contributed by atoms with Gasteiger partial charge in [0.15, 0.2) is 0 Å². The van der Waals surface area contributed by atoms with Crippen molar-refractivity contribution in [1.29, 1.82) is 0 Å². The maximum atomic E-state index is 13.6. The van der Waals surface area contributed by atoms with Crippen LogP contribution in [0.5, 0.6) is 0 Å². The average molecular weight is 349 g/mol. The van der Waals surface area contributed by atoms with Gasteiger partial charge in [0, 0.05) is 24.6 Å². The van der Waals surface area contributed by atoms with E-state index < -0.39 is 23.2 Å². The van der Waals surface area contributed by atoms with Crippen molar-refractivity contribution in [3.63, 3.8) is 0 Å². The van der Waals surface area contributed by atoms with E-state index in [-0.39, 0.29) is 23.6 Å². The molecule has 0 bridgehead atoms. The average Bonchev–Trinajstić information content (AvgIpc) is 3.08. The highest BCUT2D eigenvalue weighted by Gasteiger charge is 2.24. The minimum absolute atomic E-state index is 0.00368. The first-order valence-corrected chi connectivity index (χ1v) is 7.91. The van der Waals surface area contributed by atoms with Crippen LogP contribution in [0.2, 0.25) is 0 Å². The lowest BCUT2D eigenvalue weighted by molar-refractivity contribution is 0.0945. The summed E-state index contributed by atoms with van der Waals surface area (Å²) in [5.41, 5.74) is -0.755. The van der Waals surface area contributed by atoms with Gasteiger partial charge in [-0.3, -0.25) is 4.79 Å². The van der Waals surface area contributed by atoms with Crippen molar-refractivity contribution in [2.75, 3.05) is 13.2 Å². The Bertz CT molecular complexity index is 836. The second kappa shape index (κ2) is 7.14. The van der Waals surface area contributed by atoms with E-state index in [1.807, 2.05) is 0 Å². The van der Waals surface area contributed by atoms with Crippen LogP contribution < -0.4 is 10.9 Å². The summed E-state index contributed by atoms with van der Waals surface area (Å²) >= 11 is 0. The van der Waals surface area contributed by atoms with Crippen LogP contribution in [-0.4, -0.2) is 19.1 Å². The molecule has 5 nitrogen and oxygen atoms in total. The van der Waals surface area contributed by atoms with Crippen LogP contribution in [0.25, 0.3) is 0 Å². The number of halogens is 2. The third-order valence-corrected chi connectivity index (χ3v) is 4.21. The van der Waals surface area contributed by atoms with E-state index in [2.05, 4.69) is 5.32 Å². The molecule has 2 aromatic rings. The number of nitrogens with one attached hydrogen (secondary N) is 1. The van der Waals surface area contributed by atoms with E-state index in [4.69, 9.17) is 9.15 Å². The van der Waals surface area contributed by atoms with E-state index >= 15 is 0 Å². The van der Waals surface area contributed by atoms with Gasteiger partial charge in [-0.2, -0.15) is 0 Å². The van der Waals surface area contributed by atoms with Crippen LogP contribution in [0.4, 0.5) is 8.78 Å². The van der Waals surface area contributed by atoms with Crippen molar-refractivity contribution in [2.45, 2.75) is 25.8 Å². The molecule has 0 saturated carbocycles. The van der Waals surface area contributed by atoms with Gasteiger partial charge in [0.25, 0.3) is 5.91 Å². The maximum Gasteiger partial charge on any atom is 0.349 e. The summed E-state index contributed by atoms with van der Waals surface area (Å²) in [6.07, 6.45) is 0.750. The predicted octanol–water partition coefficient (Wildman–Crippen LogP) is 2.66. The quantitative estimate of drug-likeness (QED) is 0.921. The highest BCUT2D eigenvalue weighted by Crippen LogP contribution is 2.25. The third-order valence-electron chi connectivity index (χ3n) is 4.21. The molecule has 1 unspecified atom stereocenters. The Labute approximate surface area is 142 Å². The molecule has 1 amide bonds. The fraction of sp³-hybridized carbons (Fsp3) is 0.333. The molecule has 1 saturated heterocycles. The van der Waals surface area contributed by atoms with Crippen molar-refractivity contribution >= 4 is 5.91 Å². The van der Waals surface area contributed by atoms with E-state index in [1.54, 1.807) is 13.0 Å². The van der Waals surface area contributed by atoms with Crippen molar-refractivity contribution in [2.24, 2.45) is 0 Å². The smallest absolute Gasteiger partial charge is 0.349 e. The summed E-state index contributed by atoms with van der Waals surface area (Å²) in [4.78, 5) is 24.5. The van der Waals surface area contributed by atoms with Gasteiger partial charge in [-0.05, 0) is 37.1 Å². The molecule has 1 aromatic heterocycles. The first-order chi connectivity index (χ1) is 12.0. The highest BCUT2D eigenvalue weighted by atomic mass is 19.1. The second-order valence-corrected chi connectivity index (χ2v) is 5.94. The Morgan fingerprint density at radius 3 is 2.64 bits per heavy atom. The van der Waals surface area contributed by atoms with Crippen molar-refractivity contribution in [1.82, 2.24) is 5.32 Å². The van der Waals surface area contributed by atoms with E-state index in [1.165, 1.54) is 6.07 Å². The Morgan fingerprint density at radius 1 is 1.32 bits per heavy atom. The van der Waals surface area contributed by atoms with Gasteiger partial charge in [-0.1, -0.05) is 6.07 Å². The van der Waals surface area contributed by atoms with Gasteiger partial charge < -0.3 is 14.5 Å². The number of carbonyl (C=O) groups is 1. The molecular formula is C18H17F2NO4. The Balaban J connectivity index is 1.79. The molecule has 1 aliphatic heterocycles. The number of hydrogen-bond donors (Lipinski definition) is 1. The van der Waals surface area contributed by atoms with E-state index in [0.717, 1.165) is 18.6 Å². The number of carbonyl (C=O) groups excluding carboxylic acids is 1. The van der Waals surface area contributed by atoms with Crippen molar-refractivity contribution in [3.05, 3.63) is 68.8 Å². The number of rotatable bonds is 4. The molecule has 25 heavy (non-hydrogen) atoms. The van der Waals surface area contributed by atoms with Crippen LogP contribution >= 0.6 is 0 Å². The molecule has 1 aliphatic rings. The van der Waals surface area contributed by atoms with E-state index in [0.29, 0.717) is 24.5 Å². The molecule has 3 rings (SSSR count). The number of hydrogen-bond acceptors (Lipinski definition) is 4. The van der Waals surface area contributed by atoms with Gasteiger partial charge in [0.1, 0.15) is 23.0 Å². The molecular weight excluding hydrogens is 332 g/mol. The Morgan fingerprint density at radius 2 is 2.04 bits per heavy atom. The fourth-order valence-corrected chi connectivity index (χ4v) is 2.82. The molecule has 0 spiro atoms. The molecule has 132 valence electrons. The standard InChI is InChI=1S/C18H17F2NO4/c1-10-7-15(11-5-6-24-9-11)25-18(23)16(10)17(22)21-8-12-13(19)3-2-4-14(12)20/h2-4,7,11H,5-6,8-9H2,1H3,(H,21,22). The first kappa shape index (κ1) is 17.3. The number of ether oxygens (including phenoxy) is 1. The Kier molecular flexibility index (Phi) is 4.94. The molecule has 0 aliphatic carbocycles. The van der Waals surface area contributed by atoms with Crippen LogP contribution in [0.3, 0.4) is 0 Å². The summed E-state index contributed by atoms with van der Waals surface area (Å²) in [6.45, 7) is 2.33. The van der Waals surface area contributed by atoms with Crippen LogP contribution in [0.15, 0.2) is 33.5 Å².